The molecule has 1 fully saturated rings. The lowest BCUT2D eigenvalue weighted by atomic mass is 9.89. The number of benzene rings is 2. The predicted octanol–water partition coefficient (Wildman–Crippen LogP) is 0.250. The molecule has 0 saturated heterocycles. The number of fused-ring (bicyclic) bond motifs is 3. The molecule has 2 heterocycles. The number of aliphatic hydroxyl groups is 4. The fourth-order valence-corrected chi connectivity index (χ4v) is 4.67. The van der Waals surface area contributed by atoms with E-state index in [2.05, 4.69) is 0 Å². The van der Waals surface area contributed by atoms with Gasteiger partial charge in [-0.1, -0.05) is 0 Å². The van der Waals surface area contributed by atoms with Crippen LogP contribution in [0.15, 0.2) is 45.6 Å². The van der Waals surface area contributed by atoms with Crippen LogP contribution in [0.2, 0.25) is 0 Å². The second-order valence-electron chi connectivity index (χ2n) is 8.06. The van der Waals surface area contributed by atoms with Crippen molar-refractivity contribution < 1.29 is 39.8 Å². The summed E-state index contributed by atoms with van der Waals surface area (Å²) in [5, 5.41) is 61.0. The molecule has 5 atom stereocenters. The van der Waals surface area contributed by atoms with Gasteiger partial charge in [-0.25, -0.2) is 0 Å². The summed E-state index contributed by atoms with van der Waals surface area (Å²) in [5.74, 6) is -1.09. The molecule has 1 aliphatic heterocycles. The van der Waals surface area contributed by atoms with Gasteiger partial charge in [-0.2, -0.15) is 0 Å². The Bertz CT molecular complexity index is 1230. The normalized spacial score (nSPS) is 29.4. The third-order valence-electron chi connectivity index (χ3n) is 6.33. The van der Waals surface area contributed by atoms with Crippen molar-refractivity contribution in [1.29, 1.82) is 0 Å². The molecule has 1 spiro atoms. The number of rotatable bonds is 2. The molecule has 6 N–H and O–H groups in total. The molecular formula is C22H20O9. The maximum Gasteiger partial charge on any atom is 0.197 e. The van der Waals surface area contributed by atoms with Gasteiger partial charge in [0.05, 0.1) is 12.7 Å². The van der Waals surface area contributed by atoms with Crippen molar-refractivity contribution in [3.8, 4) is 28.6 Å². The number of hydrogen-bond donors (Lipinski definition) is 6. The molecule has 9 heteroatoms. The molecule has 2 aromatic carbocycles. The Hall–Kier alpha value is -3.11. The molecular weight excluding hydrogens is 408 g/mol. The zero-order valence-corrected chi connectivity index (χ0v) is 16.1. The SMILES string of the molecule is O=c1cc(-c2ccc(O)cc2)oc2c3c(cc(O)c12)OC1(C3)C(O)C(O)C(CO)C1O. The number of phenolic OH excluding ortho intramolecular Hbond substituents is 2. The minimum Gasteiger partial charge on any atom is -0.508 e. The summed E-state index contributed by atoms with van der Waals surface area (Å²) >= 11 is 0. The molecule has 31 heavy (non-hydrogen) atoms. The fourth-order valence-electron chi connectivity index (χ4n) is 4.67. The molecule has 3 aromatic rings. The van der Waals surface area contributed by atoms with Crippen molar-refractivity contribution in [3.63, 3.8) is 0 Å². The second kappa shape index (κ2) is 6.69. The zero-order chi connectivity index (χ0) is 22.1. The van der Waals surface area contributed by atoms with E-state index in [1.807, 2.05) is 0 Å². The molecule has 162 valence electrons. The van der Waals surface area contributed by atoms with Crippen LogP contribution in [0.25, 0.3) is 22.3 Å². The first-order valence-electron chi connectivity index (χ1n) is 9.73. The molecule has 0 bridgehead atoms. The van der Waals surface area contributed by atoms with Crippen LogP contribution in [0.3, 0.4) is 0 Å². The summed E-state index contributed by atoms with van der Waals surface area (Å²) in [4.78, 5) is 12.8. The molecule has 1 saturated carbocycles. The maximum absolute atomic E-state index is 12.8. The average molecular weight is 428 g/mol. The van der Waals surface area contributed by atoms with Crippen molar-refractivity contribution in [1.82, 2.24) is 0 Å². The summed E-state index contributed by atoms with van der Waals surface area (Å²) in [6.45, 7) is -0.563. The summed E-state index contributed by atoms with van der Waals surface area (Å²) in [6.07, 6.45) is -4.46. The Morgan fingerprint density at radius 1 is 1.03 bits per heavy atom. The van der Waals surface area contributed by atoms with Crippen molar-refractivity contribution in [3.05, 3.63) is 52.2 Å². The van der Waals surface area contributed by atoms with Gasteiger partial charge in [0.2, 0.25) is 0 Å². The Kier molecular flexibility index (Phi) is 4.28. The minimum atomic E-state index is -1.66. The summed E-state index contributed by atoms with van der Waals surface area (Å²) in [7, 11) is 0. The number of phenols is 2. The van der Waals surface area contributed by atoms with Gasteiger partial charge in [-0.15, -0.1) is 0 Å². The first-order chi connectivity index (χ1) is 14.8. The van der Waals surface area contributed by atoms with Crippen LogP contribution in [0.5, 0.6) is 17.2 Å². The molecule has 5 unspecified atom stereocenters. The van der Waals surface area contributed by atoms with Crippen molar-refractivity contribution in [2.24, 2.45) is 5.92 Å². The molecule has 1 aliphatic carbocycles. The van der Waals surface area contributed by atoms with Gasteiger partial charge in [0.25, 0.3) is 0 Å². The Labute approximate surface area is 175 Å². The van der Waals surface area contributed by atoms with Gasteiger partial charge in [-0.3, -0.25) is 4.79 Å². The molecule has 2 aliphatic rings. The third kappa shape index (κ3) is 2.68. The molecule has 0 amide bonds. The fraction of sp³-hybridized carbons (Fsp3) is 0.318. The molecule has 0 radical (unpaired) electrons. The molecule has 5 rings (SSSR count). The Morgan fingerprint density at radius 2 is 1.74 bits per heavy atom. The van der Waals surface area contributed by atoms with Gasteiger partial charge in [0.15, 0.2) is 11.0 Å². The highest BCUT2D eigenvalue weighted by atomic mass is 16.5. The highest BCUT2D eigenvalue weighted by Crippen LogP contribution is 2.50. The average Bonchev–Trinajstić information content (AvgIpc) is 3.21. The van der Waals surface area contributed by atoms with Gasteiger partial charge in [0.1, 0.15) is 46.2 Å². The van der Waals surface area contributed by atoms with Crippen LogP contribution in [0, 0.1) is 5.92 Å². The van der Waals surface area contributed by atoms with Crippen molar-refractivity contribution >= 4 is 11.0 Å². The number of hydrogen-bond acceptors (Lipinski definition) is 9. The standard InChI is InChI=1S/C22H20O9/c23-8-12-18(27)21(29)22(20(12)28)7-11-16(31-22)6-14(26)17-13(25)5-15(30-19(11)17)9-1-3-10(24)4-2-9/h1-6,12,18,20-21,23-24,26-29H,7-8H2. The minimum absolute atomic E-state index is 0.0313. The lowest BCUT2D eigenvalue weighted by Crippen LogP contribution is -2.52. The topological polar surface area (TPSA) is 161 Å². The first kappa shape index (κ1) is 19.8. The monoisotopic (exact) mass is 428 g/mol. The first-order valence-corrected chi connectivity index (χ1v) is 9.73. The van der Waals surface area contributed by atoms with Crippen molar-refractivity contribution in [2.45, 2.75) is 30.3 Å². The smallest absolute Gasteiger partial charge is 0.197 e. The third-order valence-corrected chi connectivity index (χ3v) is 6.33. The maximum atomic E-state index is 12.8. The summed E-state index contributed by atoms with van der Waals surface area (Å²) in [5.41, 5.74) is -1.29. The summed E-state index contributed by atoms with van der Waals surface area (Å²) in [6, 6.07) is 8.43. The van der Waals surface area contributed by atoms with E-state index in [1.54, 1.807) is 12.1 Å². The van der Waals surface area contributed by atoms with E-state index in [9.17, 15) is 35.4 Å². The van der Waals surface area contributed by atoms with E-state index in [-0.39, 0.29) is 34.6 Å². The van der Waals surface area contributed by atoms with Crippen LogP contribution in [-0.2, 0) is 6.42 Å². The van der Waals surface area contributed by atoms with E-state index in [1.165, 1.54) is 24.3 Å². The van der Waals surface area contributed by atoms with Crippen LogP contribution in [-0.4, -0.2) is 61.2 Å². The Morgan fingerprint density at radius 3 is 2.39 bits per heavy atom. The lowest BCUT2D eigenvalue weighted by Gasteiger charge is -2.31. The van der Waals surface area contributed by atoms with Gasteiger partial charge < -0.3 is 39.8 Å². The quantitative estimate of drug-likeness (QED) is 0.336. The van der Waals surface area contributed by atoms with E-state index < -0.39 is 47.6 Å². The van der Waals surface area contributed by atoms with E-state index >= 15 is 0 Å². The Balaban J connectivity index is 1.69. The van der Waals surface area contributed by atoms with Gasteiger partial charge in [-0.05, 0) is 24.3 Å². The molecule has 1 aromatic heterocycles. The summed E-state index contributed by atoms with van der Waals surface area (Å²) < 4.78 is 11.8. The highest BCUT2D eigenvalue weighted by Gasteiger charge is 2.64. The second-order valence-corrected chi connectivity index (χ2v) is 8.06. The zero-order valence-electron chi connectivity index (χ0n) is 16.1. The van der Waals surface area contributed by atoms with Crippen LogP contribution in [0.4, 0.5) is 0 Å². The molecule has 9 nitrogen and oxygen atoms in total. The number of ether oxygens (including phenoxy) is 1. The van der Waals surface area contributed by atoms with Crippen LogP contribution >= 0.6 is 0 Å². The predicted molar refractivity (Wildman–Crippen MR) is 107 cm³/mol. The number of aromatic hydroxyl groups is 2. The highest BCUT2D eigenvalue weighted by molar-refractivity contribution is 5.90. The lowest BCUT2D eigenvalue weighted by molar-refractivity contribution is -0.0962. The van der Waals surface area contributed by atoms with E-state index in [0.717, 1.165) is 0 Å². The van der Waals surface area contributed by atoms with E-state index in [4.69, 9.17) is 9.15 Å². The van der Waals surface area contributed by atoms with Crippen LogP contribution in [0.1, 0.15) is 5.56 Å². The van der Waals surface area contributed by atoms with Crippen LogP contribution < -0.4 is 10.2 Å². The van der Waals surface area contributed by atoms with Gasteiger partial charge >= 0.3 is 0 Å². The van der Waals surface area contributed by atoms with Gasteiger partial charge in [0, 0.05) is 35.6 Å². The van der Waals surface area contributed by atoms with E-state index in [0.29, 0.717) is 11.1 Å². The largest absolute Gasteiger partial charge is 0.508 e. The van der Waals surface area contributed by atoms with Crippen molar-refractivity contribution in [2.75, 3.05) is 6.61 Å². The number of aliphatic hydroxyl groups excluding tert-OH is 4.